The molecular weight excluding hydrogens is 394 g/mol. The molecule has 0 aliphatic heterocycles. The maximum absolute atomic E-state index is 13.0. The second-order valence-corrected chi connectivity index (χ2v) is 8.87. The first-order valence-corrected chi connectivity index (χ1v) is 10.8. The molecule has 0 aliphatic rings. The number of nitrogens with one attached hydrogen (secondary N) is 1. The smallest absolute Gasteiger partial charge is 0.331 e. The van der Waals surface area contributed by atoms with Gasteiger partial charge in [0.05, 0.1) is 0 Å². The van der Waals surface area contributed by atoms with Crippen LogP contribution in [0.2, 0.25) is 0 Å². The van der Waals surface area contributed by atoms with Crippen molar-refractivity contribution in [2.45, 2.75) is 71.9 Å². The molecular formula is C24H37N3O4. The molecule has 0 radical (unpaired) electrons. The molecule has 0 heterocycles. The van der Waals surface area contributed by atoms with Gasteiger partial charge in [-0.05, 0) is 45.1 Å². The van der Waals surface area contributed by atoms with Crippen LogP contribution in [0, 0.1) is 5.92 Å². The summed E-state index contributed by atoms with van der Waals surface area (Å²) in [6.07, 6.45) is 4.78. The van der Waals surface area contributed by atoms with Crippen LogP contribution >= 0.6 is 0 Å². The van der Waals surface area contributed by atoms with Crippen LogP contribution in [0.4, 0.5) is 0 Å². The minimum Gasteiger partial charge on any atom is -0.458 e. The number of esters is 1. The number of hydrogen-bond acceptors (Lipinski definition) is 5. The van der Waals surface area contributed by atoms with Gasteiger partial charge in [-0.3, -0.25) is 15.0 Å². The van der Waals surface area contributed by atoms with Crippen LogP contribution in [0.3, 0.4) is 0 Å². The van der Waals surface area contributed by atoms with Gasteiger partial charge in [-0.2, -0.15) is 0 Å². The Morgan fingerprint density at radius 3 is 2.32 bits per heavy atom. The molecule has 3 N–H and O–H groups in total. The Morgan fingerprint density at radius 2 is 1.77 bits per heavy atom. The summed E-state index contributed by atoms with van der Waals surface area (Å²) in [4.78, 5) is 38.2. The average Bonchev–Trinajstić information content (AvgIpc) is 2.67. The van der Waals surface area contributed by atoms with E-state index in [9.17, 15) is 14.4 Å². The highest BCUT2D eigenvalue weighted by Crippen LogP contribution is 2.17. The number of hydrazine groups is 1. The number of amides is 2. The summed E-state index contributed by atoms with van der Waals surface area (Å²) in [6.45, 7) is 9.46. The van der Waals surface area contributed by atoms with Crippen molar-refractivity contribution in [3.63, 3.8) is 0 Å². The van der Waals surface area contributed by atoms with Gasteiger partial charge in [0.1, 0.15) is 5.60 Å². The van der Waals surface area contributed by atoms with Gasteiger partial charge in [0.15, 0.2) is 6.04 Å². The van der Waals surface area contributed by atoms with Gasteiger partial charge in [-0.25, -0.2) is 9.80 Å². The second kappa shape index (κ2) is 12.9. The zero-order valence-corrected chi connectivity index (χ0v) is 19.4. The standard InChI is InChI=1S/C24H37N3O4/c1-18(2)14-15-22(29)27(26-21(28)16-17-25)20(23(30)31-24(3,4)5)13-9-12-19-10-7-6-8-11-19/h6-12,18,20H,13-17,25H2,1-5H3,(H,26,28)/t20-/m0/s1. The predicted octanol–water partition coefficient (Wildman–Crippen LogP) is 3.45. The van der Waals surface area contributed by atoms with Crippen molar-refractivity contribution in [3.8, 4) is 0 Å². The quantitative estimate of drug-likeness (QED) is 0.436. The monoisotopic (exact) mass is 431 g/mol. The van der Waals surface area contributed by atoms with E-state index in [0.717, 1.165) is 10.6 Å². The third-order valence-electron chi connectivity index (χ3n) is 4.28. The maximum Gasteiger partial charge on any atom is 0.331 e. The molecule has 31 heavy (non-hydrogen) atoms. The lowest BCUT2D eigenvalue weighted by atomic mass is 10.1. The van der Waals surface area contributed by atoms with Crippen LogP contribution < -0.4 is 11.2 Å². The van der Waals surface area contributed by atoms with E-state index in [1.54, 1.807) is 20.8 Å². The SMILES string of the molecule is CC(C)CCC(=O)N(NC(=O)CCN)[C@@H](CC=Cc1ccccc1)C(=O)OC(C)(C)C. The molecule has 0 unspecified atom stereocenters. The van der Waals surface area contributed by atoms with Gasteiger partial charge in [0.25, 0.3) is 0 Å². The van der Waals surface area contributed by atoms with E-state index in [1.807, 2.05) is 56.3 Å². The zero-order chi connectivity index (χ0) is 23.4. The summed E-state index contributed by atoms with van der Waals surface area (Å²) < 4.78 is 5.56. The minimum atomic E-state index is -0.986. The van der Waals surface area contributed by atoms with Gasteiger partial charge < -0.3 is 10.5 Å². The third kappa shape index (κ3) is 10.8. The fourth-order valence-electron chi connectivity index (χ4n) is 2.74. The average molecular weight is 432 g/mol. The first-order chi connectivity index (χ1) is 14.5. The number of nitrogens with two attached hydrogens (primary N) is 1. The van der Waals surface area contributed by atoms with E-state index in [4.69, 9.17) is 10.5 Å². The van der Waals surface area contributed by atoms with Crippen LogP contribution in [-0.2, 0) is 19.1 Å². The van der Waals surface area contributed by atoms with Gasteiger partial charge in [0.2, 0.25) is 11.8 Å². The first kappa shape index (κ1) is 26.4. The molecule has 7 heteroatoms. The van der Waals surface area contributed by atoms with Gasteiger partial charge in [-0.15, -0.1) is 0 Å². The van der Waals surface area contributed by atoms with E-state index < -0.39 is 23.5 Å². The van der Waals surface area contributed by atoms with Crippen LogP contribution in [0.25, 0.3) is 6.08 Å². The topological polar surface area (TPSA) is 102 Å². The molecule has 0 saturated heterocycles. The van der Waals surface area contributed by atoms with Gasteiger partial charge in [0, 0.05) is 19.4 Å². The molecule has 0 bridgehead atoms. The van der Waals surface area contributed by atoms with Crippen molar-refractivity contribution in [1.82, 2.24) is 10.4 Å². The number of carbonyl (C=O) groups is 3. The molecule has 0 saturated carbocycles. The van der Waals surface area contributed by atoms with Crippen LogP contribution in [0.5, 0.6) is 0 Å². The van der Waals surface area contributed by atoms with E-state index in [1.165, 1.54) is 0 Å². The lowest BCUT2D eigenvalue weighted by molar-refractivity contribution is -0.168. The number of benzene rings is 1. The normalized spacial score (nSPS) is 12.6. The predicted molar refractivity (Wildman–Crippen MR) is 122 cm³/mol. The van der Waals surface area contributed by atoms with Crippen LogP contribution in [-0.4, -0.2) is 41.0 Å². The molecule has 7 nitrogen and oxygen atoms in total. The Kier molecular flexibility index (Phi) is 11.0. The minimum absolute atomic E-state index is 0.0505. The Labute approximate surface area is 186 Å². The van der Waals surface area contributed by atoms with Gasteiger partial charge >= 0.3 is 5.97 Å². The first-order valence-electron chi connectivity index (χ1n) is 10.8. The maximum atomic E-state index is 13.0. The molecule has 1 aromatic carbocycles. The van der Waals surface area contributed by atoms with Crippen LogP contribution in [0.1, 0.15) is 65.9 Å². The van der Waals surface area contributed by atoms with E-state index in [-0.39, 0.29) is 31.7 Å². The highest BCUT2D eigenvalue weighted by atomic mass is 16.6. The summed E-state index contributed by atoms with van der Waals surface area (Å²) in [5, 5.41) is 1.13. The van der Waals surface area contributed by atoms with Crippen molar-refractivity contribution in [1.29, 1.82) is 0 Å². The Hall–Kier alpha value is -2.67. The number of rotatable bonds is 10. The van der Waals surface area contributed by atoms with E-state index in [0.29, 0.717) is 12.3 Å². The number of carbonyl (C=O) groups excluding carboxylic acids is 3. The highest BCUT2D eigenvalue weighted by molar-refractivity contribution is 5.87. The summed E-state index contributed by atoms with van der Waals surface area (Å²) in [7, 11) is 0. The number of ether oxygens (including phenoxy) is 1. The summed E-state index contributed by atoms with van der Waals surface area (Å²) in [5.41, 5.74) is 8.30. The number of hydrogen-bond donors (Lipinski definition) is 2. The molecule has 0 spiro atoms. The molecule has 172 valence electrons. The summed E-state index contributed by atoms with van der Waals surface area (Å²) in [6, 6.07) is 8.64. The van der Waals surface area contributed by atoms with Crippen molar-refractivity contribution in [2.75, 3.05) is 6.54 Å². The molecule has 2 amide bonds. The molecule has 1 rings (SSSR count). The summed E-state index contributed by atoms with van der Waals surface area (Å²) >= 11 is 0. The molecule has 1 aromatic rings. The van der Waals surface area contributed by atoms with E-state index in [2.05, 4.69) is 5.43 Å². The van der Waals surface area contributed by atoms with Crippen molar-refractivity contribution in [3.05, 3.63) is 42.0 Å². The lowest BCUT2D eigenvalue weighted by Crippen LogP contribution is -2.56. The fourth-order valence-corrected chi connectivity index (χ4v) is 2.74. The second-order valence-electron chi connectivity index (χ2n) is 8.87. The summed E-state index contributed by atoms with van der Waals surface area (Å²) in [5.74, 6) is -1.01. The Balaban J connectivity index is 3.16. The van der Waals surface area contributed by atoms with Crippen molar-refractivity contribution in [2.24, 2.45) is 11.7 Å². The van der Waals surface area contributed by atoms with E-state index >= 15 is 0 Å². The number of nitrogens with zero attached hydrogens (tertiary/aromatic N) is 1. The largest absolute Gasteiger partial charge is 0.458 e. The van der Waals surface area contributed by atoms with Gasteiger partial charge in [-0.1, -0.05) is 56.3 Å². The van der Waals surface area contributed by atoms with Crippen molar-refractivity contribution < 1.29 is 19.1 Å². The van der Waals surface area contributed by atoms with Crippen LogP contribution in [0.15, 0.2) is 36.4 Å². The molecule has 0 aromatic heterocycles. The lowest BCUT2D eigenvalue weighted by Gasteiger charge is -2.32. The zero-order valence-electron chi connectivity index (χ0n) is 19.4. The van der Waals surface area contributed by atoms with Crippen molar-refractivity contribution >= 4 is 23.9 Å². The Morgan fingerprint density at radius 1 is 1.13 bits per heavy atom. The third-order valence-corrected chi connectivity index (χ3v) is 4.28. The molecule has 1 atom stereocenters. The Bertz CT molecular complexity index is 739. The molecule has 0 fully saturated rings. The highest BCUT2D eigenvalue weighted by Gasteiger charge is 2.33. The fraction of sp³-hybridized carbons (Fsp3) is 0.542. The molecule has 0 aliphatic carbocycles.